The lowest BCUT2D eigenvalue weighted by molar-refractivity contribution is 0.0997. The molecule has 0 saturated carbocycles. The van der Waals surface area contributed by atoms with E-state index < -0.39 is 5.91 Å². The van der Waals surface area contributed by atoms with Crippen LogP contribution in [0.15, 0.2) is 49.9 Å². The van der Waals surface area contributed by atoms with Gasteiger partial charge in [-0.2, -0.15) is 0 Å². The van der Waals surface area contributed by atoms with Gasteiger partial charge in [-0.05, 0) is 66.5 Å². The van der Waals surface area contributed by atoms with E-state index in [1.54, 1.807) is 0 Å². The molecule has 27 heavy (non-hydrogen) atoms. The first-order valence-electron chi connectivity index (χ1n) is 8.34. The van der Waals surface area contributed by atoms with Crippen LogP contribution in [0.5, 0.6) is 0 Å². The number of anilines is 1. The molecule has 0 spiro atoms. The van der Waals surface area contributed by atoms with E-state index in [1.807, 2.05) is 57.2 Å². The van der Waals surface area contributed by atoms with Gasteiger partial charge in [0.05, 0.1) is 0 Å². The number of hydrogen-bond donors (Lipinski definition) is 1. The Morgan fingerprint density at radius 2 is 1.74 bits per heavy atom. The zero-order valence-electron chi connectivity index (χ0n) is 15.0. The Labute approximate surface area is 163 Å². The van der Waals surface area contributed by atoms with Crippen molar-refractivity contribution in [1.29, 1.82) is 0 Å². The molecular weight excluding hydrogens is 410 g/mol. The van der Waals surface area contributed by atoms with Gasteiger partial charge in [-0.3, -0.25) is 10.1 Å². The number of nitrogens with zero attached hydrogens (tertiary/aromatic N) is 2. The Bertz CT molecular complexity index is 1160. The number of carbonyl (C=O) groups is 1. The number of halogens is 1. The molecule has 136 valence electrons. The molecule has 0 bridgehead atoms. The van der Waals surface area contributed by atoms with Gasteiger partial charge in [-0.15, -0.1) is 0 Å². The maximum absolute atomic E-state index is 12.8. The monoisotopic (exact) mass is 425 g/mol. The molecule has 7 heteroatoms. The molecule has 0 aliphatic rings. The summed E-state index contributed by atoms with van der Waals surface area (Å²) >= 11 is 3.39. The van der Waals surface area contributed by atoms with Crippen molar-refractivity contribution in [3.05, 3.63) is 63.3 Å². The third-order valence-electron chi connectivity index (χ3n) is 4.60. The fourth-order valence-electron chi connectivity index (χ4n) is 2.92. The Kier molecular flexibility index (Phi) is 4.31. The Morgan fingerprint density at radius 3 is 2.48 bits per heavy atom. The first kappa shape index (κ1) is 17.5. The molecule has 0 atom stereocenters. The first-order chi connectivity index (χ1) is 12.9. The van der Waals surface area contributed by atoms with E-state index in [0.717, 1.165) is 32.1 Å². The zero-order valence-corrected chi connectivity index (χ0v) is 16.5. The summed E-state index contributed by atoms with van der Waals surface area (Å²) in [6, 6.07) is 11.5. The topological polar surface area (TPSA) is 81.2 Å². The predicted molar refractivity (Wildman–Crippen MR) is 106 cm³/mol. The van der Waals surface area contributed by atoms with E-state index >= 15 is 0 Å². The summed E-state index contributed by atoms with van der Waals surface area (Å²) < 4.78 is 11.6. The fraction of sp³-hybridized carbons (Fsp3) is 0.150. The lowest BCUT2D eigenvalue weighted by Crippen LogP contribution is -2.13. The maximum atomic E-state index is 12.8. The van der Waals surface area contributed by atoms with Gasteiger partial charge in [-0.1, -0.05) is 28.1 Å². The van der Waals surface area contributed by atoms with Crippen LogP contribution < -0.4 is 5.32 Å². The van der Waals surface area contributed by atoms with E-state index in [4.69, 9.17) is 9.05 Å². The van der Waals surface area contributed by atoms with Crippen LogP contribution in [-0.4, -0.2) is 16.2 Å². The van der Waals surface area contributed by atoms with Crippen molar-refractivity contribution < 1.29 is 13.8 Å². The third kappa shape index (κ3) is 3.14. The van der Waals surface area contributed by atoms with Crippen LogP contribution in [0.4, 0.5) is 5.82 Å². The Hall–Kier alpha value is -2.93. The number of furan rings is 1. The van der Waals surface area contributed by atoms with Crippen LogP contribution in [0.25, 0.3) is 22.2 Å². The van der Waals surface area contributed by atoms with E-state index in [9.17, 15) is 4.79 Å². The third-order valence-corrected chi connectivity index (χ3v) is 5.13. The van der Waals surface area contributed by atoms with Crippen LogP contribution in [0.3, 0.4) is 0 Å². The van der Waals surface area contributed by atoms with Gasteiger partial charge in [0.2, 0.25) is 5.82 Å². The van der Waals surface area contributed by atoms with Gasteiger partial charge in [0.25, 0.3) is 5.91 Å². The number of fused-ring (bicyclic) bond motifs is 1. The number of hydrogen-bond acceptors (Lipinski definition) is 5. The summed E-state index contributed by atoms with van der Waals surface area (Å²) in [6.45, 7) is 5.91. The molecule has 6 nitrogen and oxygen atoms in total. The minimum atomic E-state index is -0.395. The first-order valence-corrected chi connectivity index (χ1v) is 9.13. The van der Waals surface area contributed by atoms with Crippen molar-refractivity contribution in [2.75, 3.05) is 5.32 Å². The molecule has 1 N–H and O–H groups in total. The second kappa shape index (κ2) is 6.66. The molecular formula is C20H16BrN3O3. The highest BCUT2D eigenvalue weighted by Crippen LogP contribution is 2.30. The summed E-state index contributed by atoms with van der Waals surface area (Å²) in [7, 11) is 0. The van der Waals surface area contributed by atoms with Crippen LogP contribution >= 0.6 is 15.9 Å². The van der Waals surface area contributed by atoms with Crippen LogP contribution in [0.1, 0.15) is 27.2 Å². The van der Waals surface area contributed by atoms with Crippen LogP contribution in [-0.2, 0) is 0 Å². The van der Waals surface area contributed by atoms with Crippen molar-refractivity contribution in [2.45, 2.75) is 20.8 Å². The van der Waals surface area contributed by atoms with Gasteiger partial charge >= 0.3 is 0 Å². The number of aryl methyl sites for hydroxylation is 3. The van der Waals surface area contributed by atoms with Gasteiger partial charge in [0.1, 0.15) is 5.58 Å². The summed E-state index contributed by atoms with van der Waals surface area (Å²) in [5.74, 6) is 0.0994. The van der Waals surface area contributed by atoms with Crippen molar-refractivity contribution in [3.63, 3.8) is 0 Å². The lowest BCUT2D eigenvalue weighted by Gasteiger charge is -2.02. The van der Waals surface area contributed by atoms with Crippen LogP contribution in [0, 0.1) is 20.8 Å². The van der Waals surface area contributed by atoms with E-state index in [0.29, 0.717) is 11.3 Å². The molecule has 2 aromatic heterocycles. The van der Waals surface area contributed by atoms with Crippen molar-refractivity contribution in [3.8, 4) is 11.3 Å². The average Bonchev–Trinajstić information content (AvgIpc) is 3.22. The lowest BCUT2D eigenvalue weighted by atomic mass is 10.0. The smallest absolute Gasteiger partial charge is 0.292 e. The molecule has 4 aromatic rings. The maximum Gasteiger partial charge on any atom is 0.292 e. The molecule has 0 fully saturated rings. The van der Waals surface area contributed by atoms with E-state index in [2.05, 4.69) is 31.6 Å². The standard InChI is InChI=1S/C20H16BrN3O3/c1-10-8-15-12(3)18(26-16(15)9-11(10)2)20(25)22-19-17(23-27-24-19)13-4-6-14(21)7-5-13/h4-9H,1-3H3,(H,22,24,25). The fourth-order valence-corrected chi connectivity index (χ4v) is 3.19. The highest BCUT2D eigenvalue weighted by atomic mass is 79.9. The normalized spacial score (nSPS) is 11.1. The second-order valence-corrected chi connectivity index (χ2v) is 7.33. The largest absolute Gasteiger partial charge is 0.451 e. The molecule has 1 amide bonds. The molecule has 0 unspecified atom stereocenters. The summed E-state index contributed by atoms with van der Waals surface area (Å²) in [4.78, 5) is 12.8. The van der Waals surface area contributed by atoms with Gasteiger partial charge < -0.3 is 4.42 Å². The van der Waals surface area contributed by atoms with Crippen molar-refractivity contribution >= 4 is 38.6 Å². The number of nitrogens with one attached hydrogen (secondary N) is 1. The number of aromatic nitrogens is 2. The zero-order chi connectivity index (χ0) is 19.1. The molecule has 2 heterocycles. The van der Waals surface area contributed by atoms with E-state index in [1.165, 1.54) is 0 Å². The number of carbonyl (C=O) groups excluding carboxylic acids is 1. The summed E-state index contributed by atoms with van der Waals surface area (Å²) in [6.07, 6.45) is 0. The predicted octanol–water partition coefficient (Wildman–Crippen LogP) is 5.42. The SMILES string of the molecule is Cc1cc2oc(C(=O)Nc3nonc3-c3ccc(Br)cc3)c(C)c2cc1C. The Balaban J connectivity index is 1.68. The van der Waals surface area contributed by atoms with Gasteiger partial charge in [0, 0.05) is 21.0 Å². The molecule has 4 rings (SSSR count). The summed E-state index contributed by atoms with van der Waals surface area (Å²) in [5, 5.41) is 11.4. The summed E-state index contributed by atoms with van der Waals surface area (Å²) in [5.41, 5.74) is 4.97. The quantitative estimate of drug-likeness (QED) is 0.473. The average molecular weight is 426 g/mol. The van der Waals surface area contributed by atoms with Crippen molar-refractivity contribution in [1.82, 2.24) is 10.3 Å². The number of benzene rings is 2. The minimum Gasteiger partial charge on any atom is -0.451 e. The van der Waals surface area contributed by atoms with Crippen molar-refractivity contribution in [2.24, 2.45) is 0 Å². The molecule has 0 radical (unpaired) electrons. The second-order valence-electron chi connectivity index (χ2n) is 6.41. The molecule has 0 saturated heterocycles. The van der Waals surface area contributed by atoms with E-state index in [-0.39, 0.29) is 11.6 Å². The molecule has 2 aromatic carbocycles. The minimum absolute atomic E-state index is 0.245. The highest BCUT2D eigenvalue weighted by Gasteiger charge is 2.22. The molecule has 0 aliphatic heterocycles. The molecule has 0 aliphatic carbocycles. The van der Waals surface area contributed by atoms with Crippen LogP contribution in [0.2, 0.25) is 0 Å². The number of rotatable bonds is 3. The Morgan fingerprint density at radius 1 is 1.04 bits per heavy atom. The van der Waals surface area contributed by atoms with Gasteiger partial charge in [-0.25, -0.2) is 4.63 Å². The number of amides is 1. The van der Waals surface area contributed by atoms with Gasteiger partial charge in [0.15, 0.2) is 11.5 Å². The highest BCUT2D eigenvalue weighted by molar-refractivity contribution is 9.10.